The van der Waals surface area contributed by atoms with E-state index in [1.54, 1.807) is 12.3 Å². The summed E-state index contributed by atoms with van der Waals surface area (Å²) in [6.07, 6.45) is -4.54. The molecule has 0 atom stereocenters. The minimum Gasteiger partial charge on any atom is -0.455 e. The number of benzene rings is 12. The van der Waals surface area contributed by atoms with Gasteiger partial charge in [0.15, 0.2) is 0 Å². The second-order valence-electron chi connectivity index (χ2n) is 27.7. The van der Waals surface area contributed by atoms with Crippen molar-refractivity contribution >= 4 is 43.9 Å². The fraction of sp³-hybridized carbons (Fsp3) is 0.0842. The second kappa shape index (κ2) is 27.4. The maximum absolute atomic E-state index is 14.8. The Labute approximate surface area is 627 Å². The fourth-order valence-electron chi connectivity index (χ4n) is 14.5. The van der Waals surface area contributed by atoms with E-state index in [1.807, 2.05) is 170 Å². The molecule has 0 radical (unpaired) electrons. The molecule has 5 heterocycles. The molecule has 0 amide bonds. The molecular formula is C95H62F6IrN3O2. The molecular weight excluding hydrogens is 1520 g/mol. The molecule has 0 spiro atoms. The van der Waals surface area contributed by atoms with Crippen LogP contribution >= 0.6 is 0 Å². The Hall–Kier alpha value is -12.1. The Kier molecular flexibility index (Phi) is 17.8. The van der Waals surface area contributed by atoms with Gasteiger partial charge in [0.1, 0.15) is 22.3 Å². The first-order valence-corrected chi connectivity index (χ1v) is 34.8. The summed E-state index contributed by atoms with van der Waals surface area (Å²) in [4.78, 5) is 14.1. The Morgan fingerprint density at radius 1 is 0.280 bits per heavy atom. The molecule has 12 heteroatoms. The number of para-hydroxylation sites is 4. The molecule has 17 aromatic rings. The summed E-state index contributed by atoms with van der Waals surface area (Å²) < 4.78 is 101. The Balaban J connectivity index is 0.00000876. The number of pyridine rings is 3. The maximum Gasteiger partial charge on any atom is 3.00 e. The summed E-state index contributed by atoms with van der Waals surface area (Å²) in [6.45, 7) is 4.66. The van der Waals surface area contributed by atoms with Gasteiger partial charge in [-0.2, -0.15) is 26.3 Å². The van der Waals surface area contributed by atoms with Gasteiger partial charge in [0, 0.05) is 51.3 Å². The summed E-state index contributed by atoms with van der Waals surface area (Å²) in [7, 11) is 0. The normalized spacial score (nSPS) is 12.1. The summed E-state index contributed by atoms with van der Waals surface area (Å²) in [5.74, 6) is 0. The topological polar surface area (TPSA) is 65.0 Å². The molecule has 0 bridgehead atoms. The molecule has 0 N–H and O–H groups in total. The maximum atomic E-state index is 14.8. The third kappa shape index (κ3) is 12.5. The molecule has 520 valence electrons. The number of fused-ring (bicyclic) bond motifs is 6. The van der Waals surface area contributed by atoms with Crippen LogP contribution in [0.5, 0.6) is 0 Å². The van der Waals surface area contributed by atoms with Crippen molar-refractivity contribution in [1.29, 1.82) is 0 Å². The fourth-order valence-corrected chi connectivity index (χ4v) is 14.5. The van der Waals surface area contributed by atoms with E-state index in [2.05, 4.69) is 114 Å². The van der Waals surface area contributed by atoms with Gasteiger partial charge < -0.3 is 23.8 Å². The number of halogens is 6. The molecule has 17 rings (SSSR count). The van der Waals surface area contributed by atoms with E-state index in [1.165, 1.54) is 44.4 Å². The summed E-state index contributed by atoms with van der Waals surface area (Å²) in [5.41, 5.74) is 17.4. The third-order valence-electron chi connectivity index (χ3n) is 20.7. The van der Waals surface area contributed by atoms with Gasteiger partial charge in [-0.05, 0) is 137 Å². The summed E-state index contributed by atoms with van der Waals surface area (Å²) in [5, 5.41) is 3.68. The first kappa shape index (κ1) is 69.3. The molecule has 0 saturated heterocycles. The monoisotopic (exact) mass is 1580 g/mol. The quantitative estimate of drug-likeness (QED) is 0.0802. The molecule has 0 unspecified atom stereocenters. The van der Waals surface area contributed by atoms with Gasteiger partial charge in [-0.15, -0.1) is 71.3 Å². The van der Waals surface area contributed by atoms with Crippen LogP contribution in [0.1, 0.15) is 38.8 Å². The Morgan fingerprint density at radius 2 is 0.673 bits per heavy atom. The van der Waals surface area contributed by atoms with Crippen LogP contribution in [0.2, 0.25) is 0 Å². The molecule has 12 aromatic carbocycles. The van der Waals surface area contributed by atoms with Gasteiger partial charge >= 0.3 is 32.5 Å². The number of alkyl halides is 6. The van der Waals surface area contributed by atoms with Crippen LogP contribution in [0, 0.1) is 18.2 Å². The zero-order valence-electron chi connectivity index (χ0n) is 58.1. The van der Waals surface area contributed by atoms with Crippen LogP contribution < -0.4 is 0 Å². The standard InChI is InChI=1S/C95H62F6N3O2.Ir/c1-92(2,94(96,97)98)65-47-49-103-87(56-65)61-41-45-75(84(55-61)81-35-21-33-79-77-31-15-17-38-89(77)106-91(79)81)72-29-13-10-26-69(72)64-51-62(67-24-8-11-27-70(67)73-43-39-59(85-36-18-19-48-102-85)53-82(73)58-22-6-5-7-23-58)50-63(52-64)68-25-9-12-28-71(68)74-44-40-60(86-46-42-66(57-104-86)93(3,4)95(99,100)101)54-83(74)80-34-20-32-78-76-30-14-16-37-88(76)105-90(78)80;/h5-38,42-57H,1-4H3;/q-3;+3. The van der Waals surface area contributed by atoms with Crippen molar-refractivity contribution in [2.24, 2.45) is 0 Å². The molecule has 0 saturated carbocycles. The molecule has 0 fully saturated rings. The predicted molar refractivity (Wildman–Crippen MR) is 414 cm³/mol. The van der Waals surface area contributed by atoms with Crippen LogP contribution in [0.3, 0.4) is 0 Å². The van der Waals surface area contributed by atoms with E-state index in [0.29, 0.717) is 44.8 Å². The number of hydrogen-bond donors (Lipinski definition) is 0. The second-order valence-corrected chi connectivity index (χ2v) is 27.7. The van der Waals surface area contributed by atoms with Crippen LogP contribution in [0.25, 0.3) is 178 Å². The molecule has 5 aromatic heterocycles. The van der Waals surface area contributed by atoms with Crippen molar-refractivity contribution in [3.8, 4) is 134 Å². The number of furan rings is 2. The van der Waals surface area contributed by atoms with E-state index in [9.17, 15) is 26.3 Å². The van der Waals surface area contributed by atoms with Gasteiger partial charge in [-0.1, -0.05) is 256 Å². The minimum atomic E-state index is -4.54. The average molecular weight is 1580 g/mol. The first-order valence-electron chi connectivity index (χ1n) is 34.8. The number of hydrogen-bond acceptors (Lipinski definition) is 5. The summed E-state index contributed by atoms with van der Waals surface area (Å²) >= 11 is 0. The van der Waals surface area contributed by atoms with Crippen LogP contribution in [-0.2, 0) is 30.9 Å². The Bertz CT molecular complexity index is 6260. The van der Waals surface area contributed by atoms with Crippen LogP contribution in [0.15, 0.2) is 313 Å². The number of aromatic nitrogens is 3. The van der Waals surface area contributed by atoms with E-state index in [0.717, 1.165) is 147 Å². The Morgan fingerprint density at radius 3 is 1.14 bits per heavy atom. The number of rotatable bonds is 14. The smallest absolute Gasteiger partial charge is 0.455 e. The van der Waals surface area contributed by atoms with Gasteiger partial charge in [0.25, 0.3) is 0 Å². The van der Waals surface area contributed by atoms with Gasteiger partial charge in [0.2, 0.25) is 0 Å². The molecule has 0 aliphatic carbocycles. The van der Waals surface area contributed by atoms with Gasteiger partial charge in [-0.25, -0.2) is 0 Å². The SMILES string of the molecule is CC(C)(c1ccc(-c2[c-]cc(-c3ccccc3-c3cc(-c4ccccc4-c4c[c-]c(-c5ccccn5)cc4-c4ccccc4)cc(-c4ccccc4-c4c[c-]c(-c5cc(C(C)(C)C(F)(F)F)ccn5)cc4-c4cccc5c4oc4ccccc45)c3)c(-c3cccc4c3oc3ccccc34)c2)nc1)C(F)(F)F.[Ir+3]. The number of nitrogens with zero attached hydrogens (tertiary/aromatic N) is 3. The van der Waals surface area contributed by atoms with Crippen molar-refractivity contribution in [2.75, 3.05) is 0 Å². The molecule has 0 aliphatic rings. The van der Waals surface area contributed by atoms with Crippen LogP contribution in [0.4, 0.5) is 26.3 Å². The summed E-state index contributed by atoms with van der Waals surface area (Å²) in [6, 6.07) is 104. The van der Waals surface area contributed by atoms with E-state index in [-0.39, 0.29) is 31.2 Å². The zero-order chi connectivity index (χ0) is 72.6. The third-order valence-corrected chi connectivity index (χ3v) is 20.7. The largest absolute Gasteiger partial charge is 3.00 e. The zero-order valence-corrected chi connectivity index (χ0v) is 60.5. The average Bonchev–Trinajstić information content (AvgIpc) is 1.73. The van der Waals surface area contributed by atoms with Crippen molar-refractivity contribution in [1.82, 2.24) is 15.0 Å². The molecule has 107 heavy (non-hydrogen) atoms. The van der Waals surface area contributed by atoms with Crippen molar-refractivity contribution in [3.63, 3.8) is 0 Å². The first-order chi connectivity index (χ1) is 51.3. The van der Waals surface area contributed by atoms with Crippen molar-refractivity contribution < 1.29 is 55.3 Å². The predicted octanol–water partition coefficient (Wildman–Crippen LogP) is 26.8. The van der Waals surface area contributed by atoms with E-state index in [4.69, 9.17) is 18.8 Å². The van der Waals surface area contributed by atoms with E-state index < -0.39 is 23.2 Å². The van der Waals surface area contributed by atoms with Crippen molar-refractivity contribution in [2.45, 2.75) is 50.9 Å². The van der Waals surface area contributed by atoms with Crippen LogP contribution in [-0.4, -0.2) is 27.3 Å². The van der Waals surface area contributed by atoms with Crippen molar-refractivity contribution in [3.05, 3.63) is 333 Å². The van der Waals surface area contributed by atoms with Gasteiger partial charge in [-0.3, -0.25) is 0 Å². The molecule has 5 nitrogen and oxygen atoms in total. The van der Waals surface area contributed by atoms with Gasteiger partial charge in [0.05, 0.1) is 10.8 Å². The molecule has 0 aliphatic heterocycles. The minimum absolute atomic E-state index is 0. The van der Waals surface area contributed by atoms with E-state index >= 15 is 0 Å².